The summed E-state index contributed by atoms with van der Waals surface area (Å²) in [7, 11) is 1.72. The van der Waals surface area contributed by atoms with Gasteiger partial charge in [0, 0.05) is 18.8 Å². The van der Waals surface area contributed by atoms with Crippen LogP contribution in [0.1, 0.15) is 36.8 Å². The number of hydrogen-bond donors (Lipinski definition) is 0. The summed E-state index contributed by atoms with van der Waals surface area (Å²) in [6.07, 6.45) is 6.85. The van der Waals surface area contributed by atoms with Crippen molar-refractivity contribution in [1.82, 2.24) is 0 Å². The Labute approximate surface area is 139 Å². The highest BCUT2D eigenvalue weighted by Crippen LogP contribution is 2.47. The maximum absolute atomic E-state index is 5.28. The highest BCUT2D eigenvalue weighted by Gasteiger charge is 2.39. The molecule has 1 aliphatic carbocycles. The molecule has 0 aromatic heterocycles. The predicted molar refractivity (Wildman–Crippen MR) is 95.1 cm³/mol. The summed E-state index contributed by atoms with van der Waals surface area (Å²) in [5.74, 6) is 0.931. The van der Waals surface area contributed by atoms with Gasteiger partial charge in [-0.1, -0.05) is 43.2 Å². The third-order valence-electron chi connectivity index (χ3n) is 5.62. The summed E-state index contributed by atoms with van der Waals surface area (Å²) in [6.45, 7) is 2.19. The second-order valence-corrected chi connectivity index (χ2v) is 7.22. The maximum atomic E-state index is 5.28. The van der Waals surface area contributed by atoms with E-state index < -0.39 is 0 Å². The fraction of sp³-hybridized carbons (Fsp3) is 0.429. The summed E-state index contributed by atoms with van der Waals surface area (Å²) < 4.78 is 5.28. The van der Waals surface area contributed by atoms with Gasteiger partial charge in [0.25, 0.3) is 0 Å². The smallest absolute Gasteiger partial charge is 0.118 e. The molecule has 0 unspecified atom stereocenters. The van der Waals surface area contributed by atoms with Crippen LogP contribution >= 0.6 is 0 Å². The van der Waals surface area contributed by atoms with E-state index in [1.54, 1.807) is 7.11 Å². The predicted octanol–water partition coefficient (Wildman–Crippen LogP) is 4.82. The van der Waals surface area contributed by atoms with Crippen molar-refractivity contribution in [2.24, 2.45) is 5.41 Å². The van der Waals surface area contributed by atoms with Crippen molar-refractivity contribution in [2.45, 2.75) is 38.6 Å². The number of benzene rings is 2. The third kappa shape index (κ3) is 2.83. The summed E-state index contributed by atoms with van der Waals surface area (Å²) in [4.78, 5) is 2.60. The second-order valence-electron chi connectivity index (χ2n) is 7.22. The van der Waals surface area contributed by atoms with Crippen LogP contribution in [0.4, 0.5) is 5.69 Å². The van der Waals surface area contributed by atoms with E-state index in [9.17, 15) is 0 Å². The van der Waals surface area contributed by atoms with Crippen LogP contribution in [0.2, 0.25) is 0 Å². The van der Waals surface area contributed by atoms with E-state index >= 15 is 0 Å². The highest BCUT2D eigenvalue weighted by atomic mass is 16.5. The first-order valence-corrected chi connectivity index (χ1v) is 8.74. The number of anilines is 1. The zero-order valence-corrected chi connectivity index (χ0v) is 13.9. The standard InChI is InChI=1S/C21H25NO/c1-23-19-10-8-17(9-11-19)15-22-16-21(12-4-5-13-21)14-18-6-2-3-7-20(18)22/h2-3,6-11H,4-5,12-16H2,1H3. The fourth-order valence-electron chi connectivity index (χ4n) is 4.47. The minimum absolute atomic E-state index is 0.515. The van der Waals surface area contributed by atoms with Crippen molar-refractivity contribution in [3.8, 4) is 5.75 Å². The normalized spacial score (nSPS) is 18.9. The van der Waals surface area contributed by atoms with Gasteiger partial charge in [0.15, 0.2) is 0 Å². The summed E-state index contributed by atoms with van der Waals surface area (Å²) in [5, 5.41) is 0. The number of hydrogen-bond acceptors (Lipinski definition) is 2. The molecule has 2 heteroatoms. The van der Waals surface area contributed by atoms with Crippen molar-refractivity contribution in [3.63, 3.8) is 0 Å². The average Bonchev–Trinajstić information content (AvgIpc) is 3.03. The van der Waals surface area contributed by atoms with E-state index in [0.29, 0.717) is 5.41 Å². The molecule has 0 radical (unpaired) electrons. The van der Waals surface area contributed by atoms with Crippen LogP contribution in [-0.2, 0) is 13.0 Å². The van der Waals surface area contributed by atoms with Gasteiger partial charge in [-0.05, 0) is 54.0 Å². The largest absolute Gasteiger partial charge is 0.497 e. The third-order valence-corrected chi connectivity index (χ3v) is 5.62. The lowest BCUT2D eigenvalue weighted by Gasteiger charge is -2.43. The van der Waals surface area contributed by atoms with Crippen molar-refractivity contribution >= 4 is 5.69 Å². The number of fused-ring (bicyclic) bond motifs is 1. The Hall–Kier alpha value is -1.96. The molecule has 1 saturated carbocycles. The monoisotopic (exact) mass is 307 g/mol. The van der Waals surface area contributed by atoms with Gasteiger partial charge in [-0.2, -0.15) is 0 Å². The first-order chi connectivity index (χ1) is 11.3. The molecule has 23 heavy (non-hydrogen) atoms. The number of nitrogens with zero attached hydrogens (tertiary/aromatic N) is 1. The molecule has 0 N–H and O–H groups in total. The molecule has 0 amide bonds. The van der Waals surface area contributed by atoms with Crippen molar-refractivity contribution in [1.29, 1.82) is 0 Å². The quantitative estimate of drug-likeness (QED) is 0.806. The molecule has 0 atom stereocenters. The van der Waals surface area contributed by atoms with Gasteiger partial charge in [-0.25, -0.2) is 0 Å². The molecular weight excluding hydrogens is 282 g/mol. The van der Waals surface area contributed by atoms with Gasteiger partial charge in [-0.3, -0.25) is 0 Å². The molecule has 1 heterocycles. The van der Waals surface area contributed by atoms with Crippen molar-refractivity contribution < 1.29 is 4.74 Å². The van der Waals surface area contributed by atoms with Crippen LogP contribution in [0.25, 0.3) is 0 Å². The van der Waals surface area contributed by atoms with Crippen molar-refractivity contribution in [2.75, 3.05) is 18.6 Å². The van der Waals surface area contributed by atoms with Gasteiger partial charge in [-0.15, -0.1) is 0 Å². The van der Waals surface area contributed by atoms with E-state index in [0.717, 1.165) is 12.3 Å². The Morgan fingerprint density at radius 3 is 2.48 bits per heavy atom. The van der Waals surface area contributed by atoms with Crippen LogP contribution in [-0.4, -0.2) is 13.7 Å². The molecular formula is C21H25NO. The molecule has 2 aromatic rings. The summed E-state index contributed by atoms with van der Waals surface area (Å²) in [5.41, 5.74) is 4.84. The van der Waals surface area contributed by atoms with E-state index in [1.165, 1.54) is 55.5 Å². The lowest BCUT2D eigenvalue weighted by molar-refractivity contribution is 0.284. The van der Waals surface area contributed by atoms with Gasteiger partial charge >= 0.3 is 0 Å². The van der Waals surface area contributed by atoms with Crippen LogP contribution in [0.5, 0.6) is 5.75 Å². The van der Waals surface area contributed by atoms with Crippen LogP contribution < -0.4 is 9.64 Å². The van der Waals surface area contributed by atoms with Crippen LogP contribution in [0, 0.1) is 5.41 Å². The molecule has 1 spiro atoms. The molecule has 2 aliphatic rings. The number of ether oxygens (including phenoxy) is 1. The van der Waals surface area contributed by atoms with Gasteiger partial charge in [0.2, 0.25) is 0 Å². The van der Waals surface area contributed by atoms with Crippen LogP contribution in [0.3, 0.4) is 0 Å². The average molecular weight is 307 g/mol. The Morgan fingerprint density at radius 2 is 1.74 bits per heavy atom. The molecule has 0 bridgehead atoms. The van der Waals surface area contributed by atoms with Crippen molar-refractivity contribution in [3.05, 3.63) is 59.7 Å². The number of methoxy groups -OCH3 is 1. The van der Waals surface area contributed by atoms with E-state index in [-0.39, 0.29) is 0 Å². The summed E-state index contributed by atoms with van der Waals surface area (Å²) >= 11 is 0. The molecule has 2 nitrogen and oxygen atoms in total. The van der Waals surface area contributed by atoms with E-state index in [2.05, 4.69) is 53.4 Å². The number of para-hydroxylation sites is 1. The van der Waals surface area contributed by atoms with Gasteiger partial charge < -0.3 is 9.64 Å². The Balaban J connectivity index is 1.62. The zero-order valence-electron chi connectivity index (χ0n) is 13.9. The first kappa shape index (κ1) is 14.6. The first-order valence-electron chi connectivity index (χ1n) is 8.74. The second kappa shape index (κ2) is 5.92. The highest BCUT2D eigenvalue weighted by molar-refractivity contribution is 5.57. The fourth-order valence-corrected chi connectivity index (χ4v) is 4.47. The Bertz CT molecular complexity index is 670. The molecule has 2 aromatic carbocycles. The minimum atomic E-state index is 0.515. The minimum Gasteiger partial charge on any atom is -0.497 e. The molecule has 1 aliphatic heterocycles. The lowest BCUT2D eigenvalue weighted by atomic mass is 9.76. The maximum Gasteiger partial charge on any atom is 0.118 e. The number of rotatable bonds is 3. The topological polar surface area (TPSA) is 12.5 Å². The van der Waals surface area contributed by atoms with Crippen LogP contribution in [0.15, 0.2) is 48.5 Å². The summed E-state index contributed by atoms with van der Waals surface area (Å²) in [6, 6.07) is 17.5. The Kier molecular flexibility index (Phi) is 3.76. The molecule has 1 fully saturated rings. The van der Waals surface area contributed by atoms with E-state index in [1.807, 2.05) is 0 Å². The zero-order chi connectivity index (χ0) is 15.7. The lowest BCUT2D eigenvalue weighted by Crippen LogP contribution is -2.41. The van der Waals surface area contributed by atoms with Gasteiger partial charge in [0.1, 0.15) is 5.75 Å². The SMILES string of the molecule is COc1ccc(CN2CC3(CCCC3)Cc3ccccc32)cc1. The Morgan fingerprint density at radius 1 is 1.00 bits per heavy atom. The molecule has 120 valence electrons. The molecule has 4 rings (SSSR count). The van der Waals surface area contributed by atoms with E-state index in [4.69, 9.17) is 4.74 Å². The van der Waals surface area contributed by atoms with Gasteiger partial charge in [0.05, 0.1) is 7.11 Å². The molecule has 0 saturated heterocycles.